The topological polar surface area (TPSA) is 54.3 Å². The molecular weight excluding hydrogens is 411 g/mol. The first kappa shape index (κ1) is 17.5. The maximum atomic E-state index is 11.9. The van der Waals surface area contributed by atoms with Crippen molar-refractivity contribution in [1.29, 1.82) is 0 Å². The van der Waals surface area contributed by atoms with Crippen molar-refractivity contribution in [2.75, 3.05) is 19.6 Å². The van der Waals surface area contributed by atoms with E-state index in [1.165, 1.54) is 0 Å². The van der Waals surface area contributed by atoms with Gasteiger partial charge in [0.15, 0.2) is 5.76 Å². The van der Waals surface area contributed by atoms with Crippen molar-refractivity contribution in [1.82, 2.24) is 10.6 Å². The molecule has 0 aliphatic carbocycles. The van der Waals surface area contributed by atoms with Gasteiger partial charge < -0.3 is 15.1 Å². The highest BCUT2D eigenvalue weighted by molar-refractivity contribution is 9.11. The normalized spacial score (nSPS) is 10.3. The third-order valence-corrected chi connectivity index (χ3v) is 3.64. The number of amides is 1. The summed E-state index contributed by atoms with van der Waals surface area (Å²) in [7, 11) is 0. The van der Waals surface area contributed by atoms with Crippen LogP contribution < -0.4 is 10.6 Å². The molecule has 0 bridgehead atoms. The van der Waals surface area contributed by atoms with Gasteiger partial charge in [-0.25, -0.2) is 0 Å². The Bertz CT molecular complexity index is 601. The Balaban J connectivity index is 0.00000200. The number of benzene rings is 1. The van der Waals surface area contributed by atoms with Crippen LogP contribution in [0.5, 0.6) is 0 Å². The summed E-state index contributed by atoms with van der Waals surface area (Å²) in [5.74, 6) is 0.127. The van der Waals surface area contributed by atoms with E-state index in [0.29, 0.717) is 17.9 Å². The maximum absolute atomic E-state index is 11.9. The highest BCUT2D eigenvalue weighted by Crippen LogP contribution is 2.30. The van der Waals surface area contributed by atoms with Crippen molar-refractivity contribution in [3.05, 3.63) is 32.9 Å². The zero-order valence-electron chi connectivity index (χ0n) is 10.8. The first-order valence-corrected chi connectivity index (χ1v) is 7.58. The number of furan rings is 1. The Kier molecular flexibility index (Phi) is 7.02. The molecule has 1 aromatic carbocycles. The Morgan fingerprint density at radius 2 is 2.00 bits per heavy atom. The molecule has 7 heteroatoms. The molecule has 0 aliphatic rings. The van der Waals surface area contributed by atoms with Crippen molar-refractivity contribution >= 4 is 61.1 Å². The third kappa shape index (κ3) is 4.22. The zero-order chi connectivity index (χ0) is 13.8. The van der Waals surface area contributed by atoms with E-state index >= 15 is 0 Å². The second kappa shape index (κ2) is 8.02. The van der Waals surface area contributed by atoms with Gasteiger partial charge in [-0.1, -0.05) is 22.9 Å². The van der Waals surface area contributed by atoms with E-state index in [2.05, 4.69) is 42.5 Å². The Morgan fingerprint density at radius 3 is 2.70 bits per heavy atom. The zero-order valence-corrected chi connectivity index (χ0v) is 14.8. The van der Waals surface area contributed by atoms with Crippen LogP contribution in [-0.4, -0.2) is 25.5 Å². The smallest absolute Gasteiger partial charge is 0.287 e. The van der Waals surface area contributed by atoms with Gasteiger partial charge in [-0.05, 0) is 40.7 Å². The number of nitrogens with one attached hydrogen (secondary N) is 2. The van der Waals surface area contributed by atoms with Gasteiger partial charge in [-0.3, -0.25) is 4.79 Å². The van der Waals surface area contributed by atoms with Crippen LogP contribution in [-0.2, 0) is 0 Å². The molecule has 2 N–H and O–H groups in total. The van der Waals surface area contributed by atoms with Crippen LogP contribution in [0.4, 0.5) is 0 Å². The standard InChI is InChI=1S/C13H14Br2N2O2.ClH/c1-2-16-3-4-17-13(18)11-6-8-5-9(14)7-10(15)12(8)19-11;/h5-7,16H,2-4H2,1H3,(H,17,18);1H. The molecule has 0 atom stereocenters. The number of fused-ring (bicyclic) bond motifs is 1. The summed E-state index contributed by atoms with van der Waals surface area (Å²) in [5, 5.41) is 6.83. The first-order valence-electron chi connectivity index (χ1n) is 5.99. The van der Waals surface area contributed by atoms with Crippen molar-refractivity contribution < 1.29 is 9.21 Å². The first-order chi connectivity index (χ1) is 9.11. The number of likely N-dealkylation sites (N-methyl/N-ethyl adjacent to an activating group) is 1. The summed E-state index contributed by atoms with van der Waals surface area (Å²) < 4.78 is 7.33. The van der Waals surface area contributed by atoms with E-state index in [0.717, 1.165) is 27.4 Å². The number of halogens is 3. The number of rotatable bonds is 5. The van der Waals surface area contributed by atoms with Gasteiger partial charge in [0.1, 0.15) is 5.58 Å². The highest BCUT2D eigenvalue weighted by Gasteiger charge is 2.13. The molecule has 0 fully saturated rings. The van der Waals surface area contributed by atoms with Crippen LogP contribution in [0.3, 0.4) is 0 Å². The van der Waals surface area contributed by atoms with E-state index in [1.54, 1.807) is 6.07 Å². The summed E-state index contributed by atoms with van der Waals surface area (Å²) in [6.07, 6.45) is 0. The SMILES string of the molecule is CCNCCNC(=O)c1cc2cc(Br)cc(Br)c2o1.Cl. The van der Waals surface area contributed by atoms with Crippen LogP contribution in [0, 0.1) is 0 Å². The van der Waals surface area contributed by atoms with Crippen molar-refractivity contribution in [3.8, 4) is 0 Å². The van der Waals surface area contributed by atoms with Gasteiger partial charge >= 0.3 is 0 Å². The number of carbonyl (C=O) groups excluding carboxylic acids is 1. The summed E-state index contributed by atoms with van der Waals surface area (Å²) in [6, 6.07) is 5.55. The summed E-state index contributed by atoms with van der Waals surface area (Å²) in [6.45, 7) is 4.24. The molecular formula is C13H15Br2ClN2O2. The largest absolute Gasteiger partial charge is 0.450 e. The van der Waals surface area contributed by atoms with Crippen LogP contribution in [0.2, 0.25) is 0 Å². The molecule has 20 heavy (non-hydrogen) atoms. The molecule has 1 heterocycles. The average Bonchev–Trinajstić information content (AvgIpc) is 2.78. The highest BCUT2D eigenvalue weighted by atomic mass is 79.9. The van der Waals surface area contributed by atoms with Crippen LogP contribution >= 0.6 is 44.3 Å². The van der Waals surface area contributed by atoms with Gasteiger partial charge in [0, 0.05) is 22.9 Å². The van der Waals surface area contributed by atoms with Crippen molar-refractivity contribution in [2.45, 2.75) is 6.92 Å². The second-order valence-electron chi connectivity index (χ2n) is 4.03. The summed E-state index contributed by atoms with van der Waals surface area (Å²) in [4.78, 5) is 11.9. The van der Waals surface area contributed by atoms with Crippen molar-refractivity contribution in [3.63, 3.8) is 0 Å². The Hall–Kier alpha value is -0.560. The minimum atomic E-state index is -0.197. The fraction of sp³-hybridized carbons (Fsp3) is 0.308. The number of carbonyl (C=O) groups is 1. The van der Waals surface area contributed by atoms with Crippen molar-refractivity contribution in [2.24, 2.45) is 0 Å². The van der Waals surface area contributed by atoms with E-state index in [-0.39, 0.29) is 18.3 Å². The lowest BCUT2D eigenvalue weighted by Gasteiger charge is -2.02. The van der Waals surface area contributed by atoms with E-state index < -0.39 is 0 Å². The van der Waals surface area contributed by atoms with Crippen LogP contribution in [0.1, 0.15) is 17.5 Å². The van der Waals surface area contributed by atoms with E-state index in [9.17, 15) is 4.79 Å². The van der Waals surface area contributed by atoms with Gasteiger partial charge in [0.05, 0.1) is 4.47 Å². The predicted octanol–water partition coefficient (Wildman–Crippen LogP) is 3.72. The van der Waals surface area contributed by atoms with Gasteiger partial charge in [0.25, 0.3) is 5.91 Å². The average molecular weight is 427 g/mol. The Labute approximate surface area is 140 Å². The molecule has 110 valence electrons. The fourth-order valence-corrected chi connectivity index (χ4v) is 3.06. The lowest BCUT2D eigenvalue weighted by molar-refractivity contribution is 0.0928. The molecule has 0 spiro atoms. The minimum Gasteiger partial charge on any atom is -0.450 e. The van der Waals surface area contributed by atoms with Gasteiger partial charge in [-0.15, -0.1) is 12.4 Å². The summed E-state index contributed by atoms with van der Waals surface area (Å²) in [5.41, 5.74) is 0.681. The molecule has 0 saturated heterocycles. The minimum absolute atomic E-state index is 0. The fourth-order valence-electron chi connectivity index (χ4n) is 1.72. The molecule has 2 aromatic rings. The quantitative estimate of drug-likeness (QED) is 0.717. The molecule has 2 rings (SSSR count). The third-order valence-electron chi connectivity index (χ3n) is 2.60. The maximum Gasteiger partial charge on any atom is 0.287 e. The molecule has 1 amide bonds. The molecule has 0 radical (unpaired) electrons. The summed E-state index contributed by atoms with van der Waals surface area (Å²) >= 11 is 6.83. The van der Waals surface area contributed by atoms with Crippen LogP contribution in [0.25, 0.3) is 11.0 Å². The lowest BCUT2D eigenvalue weighted by Crippen LogP contribution is -2.31. The molecule has 4 nitrogen and oxygen atoms in total. The van der Waals surface area contributed by atoms with Gasteiger partial charge in [-0.2, -0.15) is 0 Å². The second-order valence-corrected chi connectivity index (χ2v) is 5.80. The number of hydrogen-bond donors (Lipinski definition) is 2. The molecule has 0 saturated carbocycles. The predicted molar refractivity (Wildman–Crippen MR) is 89.7 cm³/mol. The molecule has 0 aliphatic heterocycles. The van der Waals surface area contributed by atoms with E-state index in [4.69, 9.17) is 4.42 Å². The molecule has 1 aromatic heterocycles. The Morgan fingerprint density at radius 1 is 1.25 bits per heavy atom. The number of hydrogen-bond acceptors (Lipinski definition) is 3. The molecule has 0 unspecified atom stereocenters. The van der Waals surface area contributed by atoms with E-state index in [1.807, 2.05) is 19.1 Å². The monoisotopic (exact) mass is 424 g/mol. The van der Waals surface area contributed by atoms with Crippen LogP contribution in [0.15, 0.2) is 31.6 Å². The lowest BCUT2D eigenvalue weighted by atomic mass is 10.2. The van der Waals surface area contributed by atoms with Gasteiger partial charge in [0.2, 0.25) is 0 Å².